The number of benzene rings is 2. The van der Waals surface area contributed by atoms with Crippen molar-refractivity contribution in [1.82, 2.24) is 5.16 Å². The molecule has 0 radical (unpaired) electrons. The Kier molecular flexibility index (Phi) is 8.92. The van der Waals surface area contributed by atoms with E-state index in [0.717, 1.165) is 0 Å². The molecular weight excluding hydrogens is 451 g/mol. The van der Waals surface area contributed by atoms with Crippen LogP contribution < -0.4 is 92.4 Å². The summed E-state index contributed by atoms with van der Waals surface area (Å²) in [5.41, 5.74) is 1.56. The van der Waals surface area contributed by atoms with E-state index >= 15 is 0 Å². The Hall–Kier alpha value is -1.20. The summed E-state index contributed by atoms with van der Waals surface area (Å²) in [6.07, 6.45) is 1.31. The molecule has 0 unspecified atom stereocenters. The Labute approximate surface area is 221 Å². The minimum absolute atomic E-state index is 0. The van der Waals surface area contributed by atoms with Gasteiger partial charge in [0.2, 0.25) is 12.5 Å². The summed E-state index contributed by atoms with van der Waals surface area (Å²) in [6.45, 7) is 0.0551. The molecule has 0 saturated carbocycles. The first-order valence-electron chi connectivity index (χ1n) is 8.22. The molecule has 4 rings (SSSR count). The van der Waals surface area contributed by atoms with Crippen LogP contribution in [0.2, 0.25) is 0 Å². The van der Waals surface area contributed by atoms with Crippen molar-refractivity contribution in [2.24, 2.45) is 0 Å². The van der Waals surface area contributed by atoms with Crippen molar-refractivity contribution in [2.75, 3.05) is 21.0 Å². The standard InChI is InChI=1S/C18H16NO9P.2Na/c1-23-11-3-4-12(14(7-11)28-29(20,21)22)13-8-27-19-17(13)10-5-15(24-2)18-16(6-10)25-9-26-18;;/h3-8H,9H2,1-2H3,(H2,20,21,22);;/q;2*+1/p-2. The van der Waals surface area contributed by atoms with Gasteiger partial charge < -0.3 is 42.3 Å². The topological polar surface area (TPSA) is 135 Å². The summed E-state index contributed by atoms with van der Waals surface area (Å²) < 4.78 is 42.2. The molecule has 152 valence electrons. The molecule has 0 N–H and O–H groups in total. The number of phosphoric acid groups is 1. The SMILES string of the molecule is COc1ccc(-c2conc2-c2cc(OC)c3c(c2)OCO3)c(OP(=O)([O-])[O-])c1.[Na+].[Na+]. The molecule has 0 atom stereocenters. The minimum Gasteiger partial charge on any atom is -0.780 e. The van der Waals surface area contributed by atoms with Crippen molar-refractivity contribution in [1.29, 1.82) is 0 Å². The zero-order chi connectivity index (χ0) is 20.6. The van der Waals surface area contributed by atoms with Crippen molar-refractivity contribution >= 4 is 7.82 Å². The molecule has 0 spiro atoms. The van der Waals surface area contributed by atoms with Gasteiger partial charge >= 0.3 is 59.1 Å². The van der Waals surface area contributed by atoms with Gasteiger partial charge in [-0.05, 0) is 24.3 Å². The molecule has 1 aliphatic rings. The Morgan fingerprint density at radius 1 is 1.00 bits per heavy atom. The second kappa shape index (κ2) is 10.6. The van der Waals surface area contributed by atoms with E-state index in [1.54, 1.807) is 18.2 Å². The predicted octanol–water partition coefficient (Wildman–Crippen LogP) is -4.03. The molecular formula is C18H14NNa2O9P. The average molecular weight is 465 g/mol. The fourth-order valence-electron chi connectivity index (χ4n) is 2.95. The van der Waals surface area contributed by atoms with E-state index in [2.05, 4.69) is 9.68 Å². The van der Waals surface area contributed by atoms with Gasteiger partial charge in [0.1, 0.15) is 31.3 Å². The second-order valence-electron chi connectivity index (χ2n) is 5.89. The summed E-state index contributed by atoms with van der Waals surface area (Å²) in [6, 6.07) is 7.76. The van der Waals surface area contributed by atoms with Crippen LogP contribution in [0.5, 0.6) is 28.7 Å². The van der Waals surface area contributed by atoms with Gasteiger partial charge in [-0.15, -0.1) is 0 Å². The van der Waals surface area contributed by atoms with Gasteiger partial charge in [0.05, 0.1) is 19.8 Å². The smallest absolute Gasteiger partial charge is 0.780 e. The van der Waals surface area contributed by atoms with Crippen molar-refractivity contribution in [3.05, 3.63) is 36.6 Å². The molecule has 0 aliphatic carbocycles. The summed E-state index contributed by atoms with van der Waals surface area (Å²) >= 11 is 0. The van der Waals surface area contributed by atoms with Gasteiger partial charge in [-0.3, -0.25) is 0 Å². The number of rotatable bonds is 6. The van der Waals surface area contributed by atoms with Crippen LogP contribution in [0.4, 0.5) is 0 Å². The van der Waals surface area contributed by atoms with Crippen molar-refractivity contribution in [3.8, 4) is 51.1 Å². The second-order valence-corrected chi connectivity index (χ2v) is 6.97. The van der Waals surface area contributed by atoms with Gasteiger partial charge in [-0.2, -0.15) is 0 Å². The summed E-state index contributed by atoms with van der Waals surface area (Å²) in [4.78, 5) is 22.4. The van der Waals surface area contributed by atoms with Crippen molar-refractivity contribution < 1.29 is 101 Å². The Morgan fingerprint density at radius 2 is 1.77 bits per heavy atom. The first-order chi connectivity index (χ1) is 13.9. The van der Waals surface area contributed by atoms with E-state index < -0.39 is 7.82 Å². The first kappa shape index (κ1) is 26.1. The number of ether oxygens (including phenoxy) is 4. The molecule has 1 aromatic heterocycles. The number of nitrogens with zero attached hydrogens (tertiary/aromatic N) is 1. The van der Waals surface area contributed by atoms with Gasteiger partial charge in [0.25, 0.3) is 0 Å². The maximum absolute atomic E-state index is 11.2. The molecule has 10 nitrogen and oxygen atoms in total. The largest absolute Gasteiger partial charge is 1.00 e. The molecule has 2 heterocycles. The molecule has 2 aromatic carbocycles. The fraction of sp³-hybridized carbons (Fsp3) is 0.167. The van der Waals surface area contributed by atoms with Crippen LogP contribution in [0, 0.1) is 0 Å². The number of methoxy groups -OCH3 is 2. The fourth-order valence-corrected chi connectivity index (χ4v) is 3.34. The molecule has 13 heteroatoms. The molecule has 31 heavy (non-hydrogen) atoms. The first-order valence-corrected chi connectivity index (χ1v) is 9.68. The predicted molar refractivity (Wildman–Crippen MR) is 94.8 cm³/mol. The van der Waals surface area contributed by atoms with E-state index in [-0.39, 0.29) is 77.2 Å². The van der Waals surface area contributed by atoms with E-state index in [1.807, 2.05) is 0 Å². The van der Waals surface area contributed by atoms with Crippen LogP contribution in [-0.4, -0.2) is 26.2 Å². The number of fused-ring (bicyclic) bond motifs is 1. The summed E-state index contributed by atoms with van der Waals surface area (Å²) in [7, 11) is -2.43. The molecule has 3 aromatic rings. The summed E-state index contributed by atoms with van der Waals surface area (Å²) in [5.74, 6) is 1.45. The van der Waals surface area contributed by atoms with Crippen LogP contribution in [0.15, 0.2) is 41.1 Å². The van der Waals surface area contributed by atoms with Gasteiger partial charge in [0, 0.05) is 17.2 Å². The Bertz CT molecular complexity index is 1120. The Balaban J connectivity index is 0.00000171. The third-order valence-corrected chi connectivity index (χ3v) is 4.61. The van der Waals surface area contributed by atoms with E-state index in [4.69, 9.17) is 23.5 Å². The van der Waals surface area contributed by atoms with E-state index in [1.165, 1.54) is 32.6 Å². The van der Waals surface area contributed by atoms with Crippen LogP contribution in [-0.2, 0) is 4.57 Å². The minimum atomic E-state index is -5.32. The molecule has 0 bridgehead atoms. The maximum Gasteiger partial charge on any atom is 1.00 e. The third kappa shape index (κ3) is 5.60. The number of hydrogen-bond acceptors (Lipinski definition) is 10. The normalized spacial score (nSPS) is 11.9. The van der Waals surface area contributed by atoms with Crippen LogP contribution in [0.25, 0.3) is 22.4 Å². The number of aromatic nitrogens is 1. The van der Waals surface area contributed by atoms with Crippen LogP contribution in [0.3, 0.4) is 0 Å². The average Bonchev–Trinajstić information content (AvgIpc) is 3.35. The zero-order valence-electron chi connectivity index (χ0n) is 17.2. The van der Waals surface area contributed by atoms with Crippen molar-refractivity contribution in [3.63, 3.8) is 0 Å². The maximum atomic E-state index is 11.2. The molecule has 0 saturated heterocycles. The number of hydrogen-bond donors (Lipinski definition) is 0. The quantitative estimate of drug-likeness (QED) is 0.262. The van der Waals surface area contributed by atoms with Crippen LogP contribution >= 0.6 is 7.82 Å². The van der Waals surface area contributed by atoms with Gasteiger partial charge in [-0.1, -0.05) is 5.16 Å². The monoisotopic (exact) mass is 465 g/mol. The summed E-state index contributed by atoms with van der Waals surface area (Å²) in [5, 5.41) is 4.00. The van der Waals surface area contributed by atoms with Crippen molar-refractivity contribution in [2.45, 2.75) is 0 Å². The third-order valence-electron chi connectivity index (χ3n) is 4.19. The zero-order valence-corrected chi connectivity index (χ0v) is 22.1. The molecule has 1 aliphatic heterocycles. The van der Waals surface area contributed by atoms with Gasteiger partial charge in [-0.25, -0.2) is 0 Å². The van der Waals surface area contributed by atoms with Gasteiger partial charge in [0.15, 0.2) is 11.5 Å². The van der Waals surface area contributed by atoms with E-state index in [0.29, 0.717) is 39.8 Å². The van der Waals surface area contributed by atoms with Crippen LogP contribution in [0.1, 0.15) is 0 Å². The molecule has 0 amide bonds. The van der Waals surface area contributed by atoms with E-state index in [9.17, 15) is 14.4 Å². The Morgan fingerprint density at radius 3 is 2.45 bits per heavy atom. The molecule has 0 fully saturated rings. The number of phosphoric ester groups is 1.